The van der Waals surface area contributed by atoms with Crippen molar-refractivity contribution < 1.29 is 4.79 Å². The molecule has 0 fully saturated rings. The molecule has 5 heteroatoms. The van der Waals surface area contributed by atoms with Crippen molar-refractivity contribution in [3.63, 3.8) is 0 Å². The summed E-state index contributed by atoms with van der Waals surface area (Å²) in [6.45, 7) is 1.48. The molecule has 0 radical (unpaired) electrons. The van der Waals surface area contributed by atoms with Crippen LogP contribution < -0.4 is 5.32 Å². The average molecular weight is 344 g/mol. The number of benzene rings is 1. The minimum Gasteiger partial charge on any atom is -0.325 e. The lowest BCUT2D eigenvalue weighted by Gasteiger charge is -2.10. The van der Waals surface area contributed by atoms with Gasteiger partial charge in [0, 0.05) is 27.5 Å². The van der Waals surface area contributed by atoms with Crippen LogP contribution in [0.3, 0.4) is 0 Å². The van der Waals surface area contributed by atoms with E-state index >= 15 is 0 Å². The van der Waals surface area contributed by atoms with Gasteiger partial charge in [-0.2, -0.15) is 0 Å². The first-order valence-corrected chi connectivity index (χ1v) is 6.18. The van der Waals surface area contributed by atoms with Crippen LogP contribution in [0.4, 0.5) is 5.69 Å². The number of hydrogen-bond donors (Lipinski definition) is 1. The number of nitrogens with one attached hydrogen (secondary N) is 1. The second-order valence-electron chi connectivity index (χ2n) is 3.30. The fraction of sp³-hybridized carbons (Fsp3) is 0.0909. The number of pyridine rings is 1. The number of halogens is 2. The third-order valence-electron chi connectivity index (χ3n) is 2.10. The van der Waals surface area contributed by atoms with Crippen LogP contribution >= 0.6 is 31.9 Å². The second-order valence-corrected chi connectivity index (χ2v) is 5.00. The van der Waals surface area contributed by atoms with Gasteiger partial charge in [-0.1, -0.05) is 0 Å². The Kier molecular flexibility index (Phi) is 3.25. The molecule has 1 heterocycles. The zero-order chi connectivity index (χ0) is 11.7. The molecule has 0 aliphatic carbocycles. The molecule has 0 spiro atoms. The number of hydrogen-bond acceptors (Lipinski definition) is 2. The van der Waals surface area contributed by atoms with Crippen LogP contribution in [0.2, 0.25) is 0 Å². The smallest absolute Gasteiger partial charge is 0.221 e. The SMILES string of the molecule is CC(=O)Nc1c(Br)cc(Br)c2ncccc12. The number of anilines is 1. The largest absolute Gasteiger partial charge is 0.325 e. The second kappa shape index (κ2) is 4.51. The molecule has 82 valence electrons. The molecule has 3 nitrogen and oxygen atoms in total. The van der Waals surface area contributed by atoms with Gasteiger partial charge in [0.05, 0.1) is 11.2 Å². The molecule has 0 unspecified atom stereocenters. The lowest BCUT2D eigenvalue weighted by Crippen LogP contribution is -2.07. The number of amides is 1. The summed E-state index contributed by atoms with van der Waals surface area (Å²) in [7, 11) is 0. The number of carbonyl (C=O) groups excluding carboxylic acids is 1. The van der Waals surface area contributed by atoms with Crippen LogP contribution in [0.1, 0.15) is 6.92 Å². The van der Waals surface area contributed by atoms with E-state index in [9.17, 15) is 4.79 Å². The Labute approximate surface area is 110 Å². The third kappa shape index (κ3) is 2.10. The molecule has 1 aromatic heterocycles. The van der Waals surface area contributed by atoms with E-state index in [1.54, 1.807) is 6.20 Å². The lowest BCUT2D eigenvalue weighted by molar-refractivity contribution is -0.114. The van der Waals surface area contributed by atoms with Crippen LogP contribution in [0.15, 0.2) is 33.3 Å². The summed E-state index contributed by atoms with van der Waals surface area (Å²) < 4.78 is 1.72. The van der Waals surface area contributed by atoms with E-state index in [4.69, 9.17) is 0 Å². The molecule has 1 N–H and O–H groups in total. The van der Waals surface area contributed by atoms with E-state index in [-0.39, 0.29) is 5.91 Å². The highest BCUT2D eigenvalue weighted by molar-refractivity contribution is 9.11. The third-order valence-corrected chi connectivity index (χ3v) is 3.33. The van der Waals surface area contributed by atoms with Gasteiger partial charge in [-0.3, -0.25) is 9.78 Å². The molecular formula is C11H8Br2N2O. The van der Waals surface area contributed by atoms with Crippen molar-refractivity contribution in [3.05, 3.63) is 33.3 Å². The van der Waals surface area contributed by atoms with E-state index in [2.05, 4.69) is 42.2 Å². The van der Waals surface area contributed by atoms with Crippen LogP contribution in [-0.2, 0) is 4.79 Å². The molecule has 1 amide bonds. The molecule has 0 aliphatic rings. The topological polar surface area (TPSA) is 42.0 Å². The van der Waals surface area contributed by atoms with Crippen molar-refractivity contribution in [2.45, 2.75) is 6.92 Å². The van der Waals surface area contributed by atoms with Crippen molar-refractivity contribution >= 4 is 54.4 Å². The highest BCUT2D eigenvalue weighted by Gasteiger charge is 2.10. The van der Waals surface area contributed by atoms with E-state index in [0.29, 0.717) is 0 Å². The Bertz CT molecular complexity index is 569. The first kappa shape index (κ1) is 11.5. The minimum absolute atomic E-state index is 0.104. The molecule has 0 aliphatic heterocycles. The van der Waals surface area contributed by atoms with E-state index < -0.39 is 0 Å². The van der Waals surface area contributed by atoms with Gasteiger partial charge in [0.2, 0.25) is 5.91 Å². The van der Waals surface area contributed by atoms with Gasteiger partial charge in [-0.05, 0) is 50.1 Å². The Balaban J connectivity index is 2.76. The molecule has 2 rings (SSSR count). The normalized spacial score (nSPS) is 10.4. The summed E-state index contributed by atoms with van der Waals surface area (Å²) in [4.78, 5) is 15.4. The summed E-state index contributed by atoms with van der Waals surface area (Å²) in [5, 5.41) is 3.70. The predicted octanol–water partition coefficient (Wildman–Crippen LogP) is 3.72. The zero-order valence-corrected chi connectivity index (χ0v) is 11.6. The van der Waals surface area contributed by atoms with E-state index in [0.717, 1.165) is 25.5 Å². The molecule has 2 aromatic rings. The fourth-order valence-corrected chi connectivity index (χ4v) is 2.87. The Hall–Kier alpha value is -0.940. The maximum Gasteiger partial charge on any atom is 0.221 e. The van der Waals surface area contributed by atoms with Crippen LogP contribution in [0, 0.1) is 0 Å². The van der Waals surface area contributed by atoms with Crippen molar-refractivity contribution in [1.82, 2.24) is 4.98 Å². The first-order chi connectivity index (χ1) is 7.59. The number of nitrogens with zero attached hydrogens (tertiary/aromatic N) is 1. The lowest BCUT2D eigenvalue weighted by atomic mass is 10.2. The number of fused-ring (bicyclic) bond motifs is 1. The van der Waals surface area contributed by atoms with Crippen molar-refractivity contribution in [3.8, 4) is 0 Å². The van der Waals surface area contributed by atoms with Gasteiger partial charge in [0.1, 0.15) is 0 Å². The monoisotopic (exact) mass is 342 g/mol. The molecular weight excluding hydrogens is 336 g/mol. The number of rotatable bonds is 1. The quantitative estimate of drug-likeness (QED) is 0.857. The van der Waals surface area contributed by atoms with E-state index in [1.165, 1.54) is 6.92 Å². The van der Waals surface area contributed by atoms with Gasteiger partial charge in [0.25, 0.3) is 0 Å². The summed E-state index contributed by atoms with van der Waals surface area (Å²) >= 11 is 6.87. The molecule has 16 heavy (non-hydrogen) atoms. The van der Waals surface area contributed by atoms with Crippen molar-refractivity contribution in [1.29, 1.82) is 0 Å². The standard InChI is InChI=1S/C11H8Br2N2O/c1-6(16)15-11-7-3-2-4-14-10(7)8(12)5-9(11)13/h2-5H,1H3,(H,15,16). The summed E-state index contributed by atoms with van der Waals surface area (Å²) in [6.07, 6.45) is 1.72. The highest BCUT2D eigenvalue weighted by Crippen LogP contribution is 2.35. The first-order valence-electron chi connectivity index (χ1n) is 4.60. The molecule has 0 atom stereocenters. The van der Waals surface area contributed by atoms with E-state index in [1.807, 2.05) is 18.2 Å². The summed E-state index contributed by atoms with van der Waals surface area (Å²) in [5.41, 5.74) is 1.58. The van der Waals surface area contributed by atoms with Gasteiger partial charge in [-0.25, -0.2) is 0 Å². The Morgan fingerprint density at radius 3 is 2.81 bits per heavy atom. The summed E-state index contributed by atoms with van der Waals surface area (Å²) in [5.74, 6) is -0.104. The fourth-order valence-electron chi connectivity index (χ4n) is 1.48. The van der Waals surface area contributed by atoms with Crippen LogP contribution in [0.25, 0.3) is 10.9 Å². The molecule has 0 saturated heterocycles. The maximum absolute atomic E-state index is 11.1. The average Bonchev–Trinajstić information content (AvgIpc) is 2.24. The number of carbonyl (C=O) groups is 1. The van der Waals surface area contributed by atoms with Crippen LogP contribution in [-0.4, -0.2) is 10.9 Å². The maximum atomic E-state index is 11.1. The van der Waals surface area contributed by atoms with Crippen molar-refractivity contribution in [2.75, 3.05) is 5.32 Å². The zero-order valence-electron chi connectivity index (χ0n) is 8.42. The Morgan fingerprint density at radius 1 is 1.38 bits per heavy atom. The molecule has 1 aromatic carbocycles. The highest BCUT2D eigenvalue weighted by atomic mass is 79.9. The molecule has 0 saturated carbocycles. The van der Waals surface area contributed by atoms with Gasteiger partial charge in [-0.15, -0.1) is 0 Å². The predicted molar refractivity (Wildman–Crippen MR) is 71.4 cm³/mol. The van der Waals surface area contributed by atoms with Gasteiger partial charge >= 0.3 is 0 Å². The van der Waals surface area contributed by atoms with Gasteiger partial charge < -0.3 is 5.32 Å². The minimum atomic E-state index is -0.104. The summed E-state index contributed by atoms with van der Waals surface area (Å²) in [6, 6.07) is 5.64. The number of aromatic nitrogens is 1. The van der Waals surface area contributed by atoms with Crippen molar-refractivity contribution in [2.24, 2.45) is 0 Å². The van der Waals surface area contributed by atoms with Gasteiger partial charge in [0.15, 0.2) is 0 Å². The van der Waals surface area contributed by atoms with Crippen LogP contribution in [0.5, 0.6) is 0 Å². The Morgan fingerprint density at radius 2 is 2.12 bits per heavy atom. The molecule has 0 bridgehead atoms.